The van der Waals surface area contributed by atoms with Gasteiger partial charge in [-0.2, -0.15) is 0 Å². The molecule has 6 heteroatoms. The summed E-state index contributed by atoms with van der Waals surface area (Å²) in [7, 11) is 0. The molecule has 0 aromatic heterocycles. The molecule has 1 aromatic rings. The van der Waals surface area contributed by atoms with Gasteiger partial charge in [0.2, 0.25) is 0 Å². The molecule has 0 radical (unpaired) electrons. The van der Waals surface area contributed by atoms with Gasteiger partial charge < -0.3 is 19.9 Å². The van der Waals surface area contributed by atoms with Crippen molar-refractivity contribution in [3.63, 3.8) is 0 Å². The number of hydrogen-bond acceptors (Lipinski definition) is 5. The Balaban J connectivity index is 0.00000200. The standard InChI is InChI=1S/C14H19NO4.ClH/c1-10-13(19-11-5-3-2-4-6-11)9-17-8-7-12(15)14(16)18-10;/h2-6,10,12-13H,7-9,15H2,1H3;1H/t10-,12-,13+;/m0./s1. The Morgan fingerprint density at radius 3 is 2.70 bits per heavy atom. The van der Waals surface area contributed by atoms with Gasteiger partial charge in [-0.1, -0.05) is 18.2 Å². The number of cyclic esters (lactones) is 1. The summed E-state index contributed by atoms with van der Waals surface area (Å²) < 4.78 is 16.6. The second kappa shape index (κ2) is 8.09. The molecule has 3 atom stereocenters. The van der Waals surface area contributed by atoms with E-state index in [1.165, 1.54) is 0 Å². The molecule has 0 saturated carbocycles. The Morgan fingerprint density at radius 2 is 2.00 bits per heavy atom. The first-order chi connectivity index (χ1) is 9.16. The topological polar surface area (TPSA) is 70.8 Å². The van der Waals surface area contributed by atoms with Crippen molar-refractivity contribution in [3.05, 3.63) is 30.3 Å². The summed E-state index contributed by atoms with van der Waals surface area (Å²) in [5.74, 6) is 0.321. The zero-order valence-electron chi connectivity index (χ0n) is 11.4. The maximum absolute atomic E-state index is 11.7. The third-order valence-corrected chi connectivity index (χ3v) is 3.01. The molecule has 2 N–H and O–H groups in total. The van der Waals surface area contributed by atoms with Gasteiger partial charge in [-0.15, -0.1) is 12.4 Å². The van der Waals surface area contributed by atoms with Gasteiger partial charge in [-0.05, 0) is 25.5 Å². The highest BCUT2D eigenvalue weighted by molar-refractivity contribution is 5.85. The first-order valence-electron chi connectivity index (χ1n) is 6.42. The van der Waals surface area contributed by atoms with E-state index < -0.39 is 18.1 Å². The second-order valence-corrected chi connectivity index (χ2v) is 4.58. The molecule has 2 rings (SSSR count). The minimum atomic E-state index is -0.627. The monoisotopic (exact) mass is 301 g/mol. The van der Waals surface area contributed by atoms with Crippen molar-refractivity contribution >= 4 is 18.4 Å². The smallest absolute Gasteiger partial charge is 0.323 e. The van der Waals surface area contributed by atoms with Crippen molar-refractivity contribution in [2.75, 3.05) is 13.2 Å². The van der Waals surface area contributed by atoms with Gasteiger partial charge in [0.1, 0.15) is 17.9 Å². The van der Waals surface area contributed by atoms with Crippen molar-refractivity contribution in [1.82, 2.24) is 0 Å². The van der Waals surface area contributed by atoms with E-state index in [0.717, 1.165) is 5.75 Å². The van der Waals surface area contributed by atoms with Crippen LogP contribution >= 0.6 is 12.4 Å². The Morgan fingerprint density at radius 1 is 1.30 bits per heavy atom. The largest absolute Gasteiger partial charge is 0.484 e. The van der Waals surface area contributed by atoms with Crippen LogP contribution in [0, 0.1) is 0 Å². The van der Waals surface area contributed by atoms with Crippen molar-refractivity contribution in [1.29, 1.82) is 0 Å². The number of halogens is 1. The fraction of sp³-hybridized carbons (Fsp3) is 0.500. The minimum Gasteiger partial charge on any atom is -0.484 e. The zero-order chi connectivity index (χ0) is 13.7. The number of para-hydroxylation sites is 1. The highest BCUT2D eigenvalue weighted by atomic mass is 35.5. The predicted molar refractivity (Wildman–Crippen MR) is 77.1 cm³/mol. The van der Waals surface area contributed by atoms with Crippen LogP contribution in [0.3, 0.4) is 0 Å². The Bertz CT molecular complexity index is 415. The lowest BCUT2D eigenvalue weighted by Crippen LogP contribution is -2.40. The molecule has 1 heterocycles. The number of carbonyl (C=O) groups excluding carboxylic acids is 1. The fourth-order valence-corrected chi connectivity index (χ4v) is 1.81. The Kier molecular flexibility index (Phi) is 6.78. The molecule has 1 fully saturated rings. The van der Waals surface area contributed by atoms with Crippen LogP contribution in [0.25, 0.3) is 0 Å². The van der Waals surface area contributed by atoms with Crippen molar-refractivity contribution in [2.24, 2.45) is 5.73 Å². The number of hydrogen-bond donors (Lipinski definition) is 1. The van der Waals surface area contributed by atoms with Gasteiger partial charge in [0.25, 0.3) is 0 Å². The van der Waals surface area contributed by atoms with Crippen molar-refractivity contribution < 1.29 is 19.0 Å². The lowest BCUT2D eigenvalue weighted by molar-refractivity contribution is -0.154. The van der Waals surface area contributed by atoms with Crippen LogP contribution in [0.5, 0.6) is 5.75 Å². The molecular formula is C14H20ClNO4. The normalized spacial score (nSPS) is 27.3. The Hall–Kier alpha value is -1.30. The van der Waals surface area contributed by atoms with Crippen molar-refractivity contribution in [2.45, 2.75) is 31.6 Å². The van der Waals surface area contributed by atoms with Gasteiger partial charge >= 0.3 is 5.97 Å². The predicted octanol–water partition coefficient (Wildman–Crippen LogP) is 1.54. The first kappa shape index (κ1) is 16.8. The quantitative estimate of drug-likeness (QED) is 0.839. The third kappa shape index (κ3) is 4.67. The summed E-state index contributed by atoms with van der Waals surface area (Å²) in [4.78, 5) is 11.7. The lowest BCUT2D eigenvalue weighted by atomic mass is 10.2. The van der Waals surface area contributed by atoms with Crippen LogP contribution in [-0.4, -0.2) is 37.4 Å². The zero-order valence-corrected chi connectivity index (χ0v) is 12.2. The molecule has 5 nitrogen and oxygen atoms in total. The average molecular weight is 302 g/mol. The molecule has 0 aliphatic carbocycles. The number of nitrogens with two attached hydrogens (primary N) is 1. The fourth-order valence-electron chi connectivity index (χ4n) is 1.81. The summed E-state index contributed by atoms with van der Waals surface area (Å²) in [5.41, 5.74) is 5.68. The molecule has 112 valence electrons. The number of ether oxygens (including phenoxy) is 3. The summed E-state index contributed by atoms with van der Waals surface area (Å²) in [5, 5.41) is 0. The summed E-state index contributed by atoms with van der Waals surface area (Å²) in [6.45, 7) is 2.58. The highest BCUT2D eigenvalue weighted by Crippen LogP contribution is 2.16. The van der Waals surface area contributed by atoms with Crippen LogP contribution in [0.4, 0.5) is 0 Å². The van der Waals surface area contributed by atoms with E-state index in [1.54, 1.807) is 6.92 Å². The number of esters is 1. The molecule has 1 aliphatic rings. The van der Waals surface area contributed by atoms with Crippen molar-refractivity contribution in [3.8, 4) is 5.75 Å². The van der Waals surface area contributed by atoms with E-state index >= 15 is 0 Å². The van der Waals surface area contributed by atoms with Gasteiger partial charge in [0.05, 0.1) is 6.61 Å². The molecular weight excluding hydrogens is 282 g/mol. The van der Waals surface area contributed by atoms with E-state index in [-0.39, 0.29) is 18.5 Å². The first-order valence-corrected chi connectivity index (χ1v) is 6.42. The van der Waals surface area contributed by atoms with E-state index in [9.17, 15) is 4.79 Å². The van der Waals surface area contributed by atoms with E-state index in [4.69, 9.17) is 19.9 Å². The molecule has 20 heavy (non-hydrogen) atoms. The lowest BCUT2D eigenvalue weighted by Gasteiger charge is -2.24. The number of carbonyl (C=O) groups is 1. The molecule has 1 saturated heterocycles. The van der Waals surface area contributed by atoms with Crippen LogP contribution in [-0.2, 0) is 14.3 Å². The average Bonchev–Trinajstić information content (AvgIpc) is 2.46. The maximum Gasteiger partial charge on any atom is 0.323 e. The summed E-state index contributed by atoms with van der Waals surface area (Å²) in [6, 6.07) is 8.77. The highest BCUT2D eigenvalue weighted by Gasteiger charge is 2.27. The van der Waals surface area contributed by atoms with E-state index in [2.05, 4.69) is 0 Å². The van der Waals surface area contributed by atoms with Gasteiger partial charge in [-0.25, -0.2) is 0 Å². The van der Waals surface area contributed by atoms with Crippen LogP contribution in [0.2, 0.25) is 0 Å². The van der Waals surface area contributed by atoms with Gasteiger partial charge in [-0.3, -0.25) is 4.79 Å². The maximum atomic E-state index is 11.7. The van der Waals surface area contributed by atoms with E-state index in [0.29, 0.717) is 19.6 Å². The number of benzene rings is 1. The summed E-state index contributed by atoms with van der Waals surface area (Å²) >= 11 is 0. The SMILES string of the molecule is C[C@@H]1OC(=O)[C@@H](N)CCOC[C@H]1Oc1ccccc1.Cl. The van der Waals surface area contributed by atoms with E-state index in [1.807, 2.05) is 30.3 Å². The second-order valence-electron chi connectivity index (χ2n) is 4.58. The van der Waals surface area contributed by atoms with Gasteiger partial charge in [0, 0.05) is 6.61 Å². The van der Waals surface area contributed by atoms with Crippen LogP contribution < -0.4 is 10.5 Å². The van der Waals surface area contributed by atoms with Crippen LogP contribution in [0.15, 0.2) is 30.3 Å². The molecule has 0 spiro atoms. The summed E-state index contributed by atoms with van der Waals surface area (Å²) in [6.07, 6.45) is -0.280. The van der Waals surface area contributed by atoms with Crippen LogP contribution in [0.1, 0.15) is 13.3 Å². The molecule has 0 unspecified atom stereocenters. The minimum absolute atomic E-state index is 0. The third-order valence-electron chi connectivity index (χ3n) is 3.01. The van der Waals surface area contributed by atoms with Gasteiger partial charge in [0.15, 0.2) is 6.10 Å². The molecule has 0 amide bonds. The molecule has 1 aromatic carbocycles. The molecule has 0 bridgehead atoms. The molecule has 1 aliphatic heterocycles. The number of rotatable bonds is 2. The Labute approximate surface area is 124 Å².